The van der Waals surface area contributed by atoms with Crippen LogP contribution in [-0.2, 0) is 12.8 Å². The van der Waals surface area contributed by atoms with Crippen LogP contribution in [0.4, 0.5) is 5.69 Å². The first-order valence-electron chi connectivity index (χ1n) is 6.35. The van der Waals surface area contributed by atoms with Gasteiger partial charge >= 0.3 is 0 Å². The minimum Gasteiger partial charge on any atom is -0.507 e. The second kappa shape index (κ2) is 5.89. The maximum atomic E-state index is 12.0. The molecule has 100 valence electrons. The number of phenols is 1. The Labute approximate surface area is 116 Å². The first-order valence-corrected chi connectivity index (χ1v) is 7.23. The Hall–Kier alpha value is -1.81. The van der Waals surface area contributed by atoms with E-state index in [0.717, 1.165) is 29.7 Å². The molecule has 0 fully saturated rings. The zero-order valence-electron chi connectivity index (χ0n) is 11.1. The number of thiophene rings is 1. The lowest BCUT2D eigenvalue weighted by molar-refractivity contribution is 0.103. The highest BCUT2D eigenvalue weighted by Gasteiger charge is 2.11. The van der Waals surface area contributed by atoms with Crippen LogP contribution in [0.3, 0.4) is 0 Å². The minimum atomic E-state index is -0.107. The molecule has 0 saturated carbocycles. The highest BCUT2D eigenvalue weighted by molar-refractivity contribution is 7.12. The summed E-state index contributed by atoms with van der Waals surface area (Å²) in [5.74, 6) is 0.240. The van der Waals surface area contributed by atoms with Crippen LogP contribution in [0.25, 0.3) is 0 Å². The Kier molecular flexibility index (Phi) is 4.22. The lowest BCUT2D eigenvalue weighted by Crippen LogP contribution is -2.10. The van der Waals surface area contributed by atoms with Gasteiger partial charge in [0.25, 0.3) is 5.91 Å². The maximum Gasteiger partial charge on any atom is 0.265 e. The molecule has 3 nitrogen and oxygen atoms in total. The molecule has 0 radical (unpaired) electrons. The van der Waals surface area contributed by atoms with Gasteiger partial charge in [0.15, 0.2) is 0 Å². The van der Waals surface area contributed by atoms with Gasteiger partial charge in [-0.1, -0.05) is 19.9 Å². The number of rotatable bonds is 4. The van der Waals surface area contributed by atoms with Crippen molar-refractivity contribution in [2.45, 2.75) is 26.7 Å². The number of aryl methyl sites for hydroxylation is 2. The number of carbonyl (C=O) groups excluding carboxylic acids is 1. The molecule has 4 heteroatoms. The van der Waals surface area contributed by atoms with Gasteiger partial charge in [0.1, 0.15) is 5.75 Å². The molecule has 2 rings (SSSR count). The molecule has 2 aromatic rings. The van der Waals surface area contributed by atoms with Crippen LogP contribution >= 0.6 is 11.3 Å². The zero-order chi connectivity index (χ0) is 13.8. The second-order valence-corrected chi connectivity index (χ2v) is 5.23. The molecule has 0 aliphatic heterocycles. The van der Waals surface area contributed by atoms with Crippen LogP contribution in [0.1, 0.15) is 34.6 Å². The molecule has 0 aliphatic carbocycles. The summed E-state index contributed by atoms with van der Waals surface area (Å²) in [6.45, 7) is 3.97. The molecule has 1 aromatic heterocycles. The first kappa shape index (κ1) is 13.6. The van der Waals surface area contributed by atoms with Crippen LogP contribution < -0.4 is 5.32 Å². The molecule has 1 aromatic carbocycles. The van der Waals surface area contributed by atoms with Gasteiger partial charge in [-0.25, -0.2) is 0 Å². The van der Waals surface area contributed by atoms with E-state index in [0.29, 0.717) is 10.6 Å². The fourth-order valence-corrected chi connectivity index (χ4v) is 2.59. The van der Waals surface area contributed by atoms with Gasteiger partial charge in [-0.2, -0.15) is 0 Å². The topological polar surface area (TPSA) is 49.3 Å². The molecule has 0 bridgehead atoms. The molecule has 19 heavy (non-hydrogen) atoms. The second-order valence-electron chi connectivity index (χ2n) is 4.28. The van der Waals surface area contributed by atoms with Crippen LogP contribution in [0.15, 0.2) is 29.6 Å². The summed E-state index contributed by atoms with van der Waals surface area (Å²) in [5, 5.41) is 14.8. The average Bonchev–Trinajstić information content (AvgIpc) is 2.94. The molecule has 0 unspecified atom stereocenters. The van der Waals surface area contributed by atoms with E-state index in [2.05, 4.69) is 5.32 Å². The summed E-state index contributed by atoms with van der Waals surface area (Å²) in [5.41, 5.74) is 2.46. The Morgan fingerprint density at radius 3 is 2.37 bits per heavy atom. The Bertz CT molecular complexity index is 551. The molecule has 0 atom stereocenters. The lowest BCUT2D eigenvalue weighted by atomic mass is 10.0. The summed E-state index contributed by atoms with van der Waals surface area (Å²) in [7, 11) is 0. The number of hydrogen-bond donors (Lipinski definition) is 2. The van der Waals surface area contributed by atoms with E-state index in [-0.39, 0.29) is 5.91 Å². The number of hydrogen-bond acceptors (Lipinski definition) is 3. The van der Waals surface area contributed by atoms with Crippen LogP contribution in [0, 0.1) is 0 Å². The van der Waals surface area contributed by atoms with E-state index in [9.17, 15) is 9.90 Å². The number of benzene rings is 1. The van der Waals surface area contributed by atoms with Gasteiger partial charge in [-0.3, -0.25) is 4.79 Å². The Morgan fingerprint density at radius 2 is 1.89 bits per heavy atom. The Morgan fingerprint density at radius 1 is 1.26 bits per heavy atom. The fourth-order valence-electron chi connectivity index (χ4n) is 1.97. The van der Waals surface area contributed by atoms with Gasteiger partial charge in [0, 0.05) is 5.69 Å². The lowest BCUT2D eigenvalue weighted by Gasteiger charge is -2.11. The van der Waals surface area contributed by atoms with E-state index in [1.54, 1.807) is 6.07 Å². The van der Waals surface area contributed by atoms with E-state index >= 15 is 0 Å². The summed E-state index contributed by atoms with van der Waals surface area (Å²) >= 11 is 1.41. The highest BCUT2D eigenvalue weighted by Crippen LogP contribution is 2.28. The molecule has 2 N–H and O–H groups in total. The van der Waals surface area contributed by atoms with Crippen molar-refractivity contribution in [2.75, 3.05) is 5.32 Å². The van der Waals surface area contributed by atoms with Gasteiger partial charge in [0.05, 0.1) is 4.88 Å². The average molecular weight is 275 g/mol. The summed E-state index contributed by atoms with van der Waals surface area (Å²) in [6, 6.07) is 7.31. The first-order chi connectivity index (χ1) is 9.15. The van der Waals surface area contributed by atoms with Gasteiger partial charge < -0.3 is 10.4 Å². The molecular formula is C15H17NO2S. The molecule has 0 aliphatic rings. The standard InChI is InChI=1S/C15H17NO2S/c1-3-10-8-12(9-11(4-2)14(10)17)16-15(18)13-6-5-7-19-13/h5-9,17H,3-4H2,1-2H3,(H,16,18). The Balaban J connectivity index is 2.28. The monoisotopic (exact) mass is 275 g/mol. The fraction of sp³-hybridized carbons (Fsp3) is 0.267. The number of aromatic hydroxyl groups is 1. The smallest absolute Gasteiger partial charge is 0.265 e. The van der Waals surface area contributed by atoms with Gasteiger partial charge in [-0.05, 0) is 47.5 Å². The number of phenolic OH excluding ortho intramolecular Hbond substituents is 1. The van der Waals surface area contributed by atoms with Crippen molar-refractivity contribution >= 4 is 22.9 Å². The van der Waals surface area contributed by atoms with Crippen molar-refractivity contribution in [1.29, 1.82) is 0 Å². The molecule has 1 amide bonds. The maximum absolute atomic E-state index is 12.0. The van der Waals surface area contributed by atoms with Crippen molar-refractivity contribution in [3.8, 4) is 5.75 Å². The van der Waals surface area contributed by atoms with Gasteiger partial charge in [0.2, 0.25) is 0 Å². The van der Waals surface area contributed by atoms with Crippen LogP contribution in [0.2, 0.25) is 0 Å². The van der Waals surface area contributed by atoms with Crippen molar-refractivity contribution in [3.05, 3.63) is 45.6 Å². The summed E-state index contributed by atoms with van der Waals surface area (Å²) < 4.78 is 0. The summed E-state index contributed by atoms with van der Waals surface area (Å²) in [6.07, 6.45) is 1.48. The summed E-state index contributed by atoms with van der Waals surface area (Å²) in [4.78, 5) is 12.7. The molecule has 0 saturated heterocycles. The van der Waals surface area contributed by atoms with E-state index in [1.165, 1.54) is 11.3 Å². The largest absolute Gasteiger partial charge is 0.507 e. The number of carbonyl (C=O) groups is 1. The zero-order valence-corrected chi connectivity index (χ0v) is 11.9. The third-order valence-corrected chi connectivity index (χ3v) is 3.90. The van der Waals surface area contributed by atoms with Crippen molar-refractivity contribution < 1.29 is 9.90 Å². The normalized spacial score (nSPS) is 10.4. The predicted molar refractivity (Wildman–Crippen MR) is 79.1 cm³/mol. The number of amides is 1. The van der Waals surface area contributed by atoms with E-state index < -0.39 is 0 Å². The van der Waals surface area contributed by atoms with E-state index in [4.69, 9.17) is 0 Å². The number of anilines is 1. The molecular weight excluding hydrogens is 258 g/mol. The van der Waals surface area contributed by atoms with Crippen molar-refractivity contribution in [2.24, 2.45) is 0 Å². The van der Waals surface area contributed by atoms with Crippen molar-refractivity contribution in [3.63, 3.8) is 0 Å². The SMILES string of the molecule is CCc1cc(NC(=O)c2cccs2)cc(CC)c1O. The minimum absolute atomic E-state index is 0.107. The molecule has 0 spiro atoms. The molecule has 1 heterocycles. The highest BCUT2D eigenvalue weighted by atomic mass is 32.1. The van der Waals surface area contributed by atoms with Crippen LogP contribution in [0.5, 0.6) is 5.75 Å². The van der Waals surface area contributed by atoms with Crippen molar-refractivity contribution in [1.82, 2.24) is 0 Å². The quantitative estimate of drug-likeness (QED) is 0.833. The third-order valence-electron chi connectivity index (χ3n) is 3.03. The van der Waals surface area contributed by atoms with Gasteiger partial charge in [-0.15, -0.1) is 11.3 Å². The number of nitrogens with one attached hydrogen (secondary N) is 1. The van der Waals surface area contributed by atoms with Crippen LogP contribution in [-0.4, -0.2) is 11.0 Å². The third kappa shape index (κ3) is 2.96. The van der Waals surface area contributed by atoms with E-state index in [1.807, 2.05) is 37.4 Å². The predicted octanol–water partition coefficient (Wildman–Crippen LogP) is 3.83.